The van der Waals surface area contributed by atoms with Crippen molar-refractivity contribution in [1.82, 2.24) is 5.32 Å². The highest BCUT2D eigenvalue weighted by Crippen LogP contribution is 2.29. The van der Waals surface area contributed by atoms with E-state index in [1.54, 1.807) is 12.1 Å². The van der Waals surface area contributed by atoms with Crippen LogP contribution >= 0.6 is 0 Å². The molecule has 0 aliphatic carbocycles. The van der Waals surface area contributed by atoms with Crippen LogP contribution in [0.2, 0.25) is 0 Å². The Morgan fingerprint density at radius 2 is 1.62 bits per heavy atom. The predicted molar refractivity (Wildman–Crippen MR) is 81.3 cm³/mol. The lowest BCUT2D eigenvalue weighted by Gasteiger charge is -2.31. The number of nitrogens with one attached hydrogen (secondary N) is 1. The van der Waals surface area contributed by atoms with Crippen LogP contribution in [0.5, 0.6) is 0 Å². The summed E-state index contributed by atoms with van der Waals surface area (Å²) in [5, 5.41) is 3.49. The van der Waals surface area contributed by atoms with Gasteiger partial charge < -0.3 is 5.32 Å². The number of hydrogen-bond acceptors (Lipinski definition) is 1. The van der Waals surface area contributed by atoms with Crippen molar-refractivity contribution in [3.8, 4) is 0 Å². The second-order valence-corrected chi connectivity index (χ2v) is 6.56. The zero-order chi connectivity index (χ0) is 16.1. The van der Waals surface area contributed by atoms with E-state index in [2.05, 4.69) is 33.0 Å². The van der Waals surface area contributed by atoms with Crippen LogP contribution in [-0.4, -0.2) is 12.6 Å². The van der Waals surface area contributed by atoms with E-state index in [0.717, 1.165) is 31.4 Å². The van der Waals surface area contributed by atoms with Crippen molar-refractivity contribution >= 4 is 0 Å². The van der Waals surface area contributed by atoms with Gasteiger partial charge in [-0.05, 0) is 48.9 Å². The van der Waals surface area contributed by atoms with E-state index < -0.39 is 11.7 Å². The maximum absolute atomic E-state index is 12.5. The highest BCUT2D eigenvalue weighted by atomic mass is 19.4. The largest absolute Gasteiger partial charge is 0.416 e. The fraction of sp³-hybridized carbons (Fsp3) is 0.647. The smallest absolute Gasteiger partial charge is 0.314 e. The second-order valence-electron chi connectivity index (χ2n) is 6.56. The molecule has 0 heterocycles. The Balaban J connectivity index is 2.52. The summed E-state index contributed by atoms with van der Waals surface area (Å²) in [4.78, 5) is 0. The molecule has 1 aromatic carbocycles. The molecule has 0 saturated heterocycles. The zero-order valence-electron chi connectivity index (χ0n) is 13.3. The molecule has 0 radical (unpaired) electrons. The SMILES string of the molecule is CCNC(CCCc1ccc(C(F)(F)F)cc1)C(C)(C)C. The number of alkyl halides is 3. The molecule has 0 amide bonds. The van der Waals surface area contributed by atoms with Crippen LogP contribution in [0.25, 0.3) is 0 Å². The molecule has 4 heteroatoms. The molecule has 0 saturated carbocycles. The Morgan fingerprint density at radius 3 is 2.05 bits per heavy atom. The average molecular weight is 301 g/mol. The first-order chi connectivity index (χ1) is 9.64. The maximum Gasteiger partial charge on any atom is 0.416 e. The van der Waals surface area contributed by atoms with Crippen molar-refractivity contribution in [3.05, 3.63) is 35.4 Å². The number of aryl methyl sites for hydroxylation is 1. The van der Waals surface area contributed by atoms with Crippen LogP contribution in [0.4, 0.5) is 13.2 Å². The Bertz CT molecular complexity index is 415. The van der Waals surface area contributed by atoms with E-state index in [1.165, 1.54) is 12.1 Å². The van der Waals surface area contributed by atoms with Gasteiger partial charge in [0, 0.05) is 6.04 Å². The summed E-state index contributed by atoms with van der Waals surface area (Å²) in [7, 11) is 0. The lowest BCUT2D eigenvalue weighted by Crippen LogP contribution is -2.40. The van der Waals surface area contributed by atoms with E-state index in [0.29, 0.717) is 6.04 Å². The summed E-state index contributed by atoms with van der Waals surface area (Å²) in [5.41, 5.74) is 0.578. The van der Waals surface area contributed by atoms with Gasteiger partial charge in [-0.2, -0.15) is 13.2 Å². The molecule has 0 aliphatic rings. The topological polar surface area (TPSA) is 12.0 Å². The van der Waals surface area contributed by atoms with Gasteiger partial charge in [-0.25, -0.2) is 0 Å². The van der Waals surface area contributed by atoms with Crippen LogP contribution < -0.4 is 5.32 Å². The van der Waals surface area contributed by atoms with Crippen molar-refractivity contribution in [1.29, 1.82) is 0 Å². The van der Waals surface area contributed by atoms with Crippen molar-refractivity contribution in [2.45, 2.75) is 59.2 Å². The molecular weight excluding hydrogens is 275 g/mol. The van der Waals surface area contributed by atoms with Gasteiger partial charge in [-0.1, -0.05) is 39.8 Å². The standard InChI is InChI=1S/C17H26F3N/c1-5-21-15(16(2,3)4)8-6-7-13-9-11-14(12-10-13)17(18,19)20/h9-12,15,21H,5-8H2,1-4H3. The fourth-order valence-corrected chi connectivity index (χ4v) is 2.46. The zero-order valence-corrected chi connectivity index (χ0v) is 13.3. The maximum atomic E-state index is 12.5. The highest BCUT2D eigenvalue weighted by molar-refractivity contribution is 5.24. The molecule has 21 heavy (non-hydrogen) atoms. The van der Waals surface area contributed by atoms with Crippen LogP contribution in [0, 0.1) is 5.41 Å². The molecule has 1 aromatic rings. The third-order valence-corrected chi connectivity index (χ3v) is 3.74. The van der Waals surface area contributed by atoms with Crippen molar-refractivity contribution in [2.75, 3.05) is 6.54 Å². The lowest BCUT2D eigenvalue weighted by atomic mass is 9.83. The first-order valence-corrected chi connectivity index (χ1v) is 7.54. The van der Waals surface area contributed by atoms with Gasteiger partial charge in [-0.15, -0.1) is 0 Å². The fourth-order valence-electron chi connectivity index (χ4n) is 2.46. The summed E-state index contributed by atoms with van der Waals surface area (Å²) in [6.07, 6.45) is -1.43. The summed E-state index contributed by atoms with van der Waals surface area (Å²) < 4.78 is 37.5. The van der Waals surface area contributed by atoms with E-state index in [9.17, 15) is 13.2 Å². The monoisotopic (exact) mass is 301 g/mol. The van der Waals surface area contributed by atoms with Crippen LogP contribution in [0.15, 0.2) is 24.3 Å². The van der Waals surface area contributed by atoms with Crippen molar-refractivity contribution in [2.24, 2.45) is 5.41 Å². The van der Waals surface area contributed by atoms with Gasteiger partial charge in [0.25, 0.3) is 0 Å². The Morgan fingerprint density at radius 1 is 1.05 bits per heavy atom. The van der Waals surface area contributed by atoms with Gasteiger partial charge in [0.15, 0.2) is 0 Å². The molecule has 0 aliphatic heterocycles. The molecule has 1 nitrogen and oxygen atoms in total. The van der Waals surface area contributed by atoms with Gasteiger partial charge >= 0.3 is 6.18 Å². The summed E-state index contributed by atoms with van der Waals surface area (Å²) in [6.45, 7) is 9.65. The molecule has 1 atom stereocenters. The quantitative estimate of drug-likeness (QED) is 0.775. The number of hydrogen-bond donors (Lipinski definition) is 1. The van der Waals surface area contributed by atoms with Gasteiger partial charge in [-0.3, -0.25) is 0 Å². The van der Waals surface area contributed by atoms with E-state index >= 15 is 0 Å². The summed E-state index contributed by atoms with van der Waals surface area (Å²) in [6, 6.07) is 5.93. The first kappa shape index (κ1) is 18.0. The molecular formula is C17H26F3N. The summed E-state index contributed by atoms with van der Waals surface area (Å²) in [5.74, 6) is 0. The lowest BCUT2D eigenvalue weighted by molar-refractivity contribution is -0.137. The third-order valence-electron chi connectivity index (χ3n) is 3.74. The second kappa shape index (κ2) is 7.30. The molecule has 0 aromatic heterocycles. The van der Waals surface area contributed by atoms with Gasteiger partial charge in [0.2, 0.25) is 0 Å². The van der Waals surface area contributed by atoms with E-state index in [4.69, 9.17) is 0 Å². The first-order valence-electron chi connectivity index (χ1n) is 7.54. The number of benzene rings is 1. The Kier molecular flexibility index (Phi) is 6.26. The molecule has 1 N–H and O–H groups in total. The van der Waals surface area contributed by atoms with Crippen LogP contribution in [0.1, 0.15) is 51.7 Å². The molecule has 120 valence electrons. The predicted octanol–water partition coefficient (Wildman–Crippen LogP) is 5.05. The molecule has 1 rings (SSSR count). The van der Waals surface area contributed by atoms with Gasteiger partial charge in [0.1, 0.15) is 0 Å². The molecule has 1 unspecified atom stereocenters. The normalized spacial score (nSPS) is 14.2. The highest BCUT2D eigenvalue weighted by Gasteiger charge is 2.29. The molecule has 0 spiro atoms. The molecule has 0 fully saturated rings. The van der Waals surface area contributed by atoms with Gasteiger partial charge in [0.05, 0.1) is 5.56 Å². The summed E-state index contributed by atoms with van der Waals surface area (Å²) >= 11 is 0. The third kappa shape index (κ3) is 6.08. The van der Waals surface area contributed by atoms with E-state index in [-0.39, 0.29) is 5.41 Å². The number of halogens is 3. The minimum atomic E-state index is -4.25. The van der Waals surface area contributed by atoms with Crippen molar-refractivity contribution < 1.29 is 13.2 Å². The van der Waals surface area contributed by atoms with Crippen molar-refractivity contribution in [3.63, 3.8) is 0 Å². The van der Waals surface area contributed by atoms with Crippen LogP contribution in [-0.2, 0) is 12.6 Å². The minimum Gasteiger partial charge on any atom is -0.314 e. The molecule has 0 bridgehead atoms. The Labute approximate surface area is 125 Å². The van der Waals surface area contributed by atoms with E-state index in [1.807, 2.05) is 0 Å². The minimum absolute atomic E-state index is 0.191. The average Bonchev–Trinajstić information content (AvgIpc) is 2.36. The number of rotatable bonds is 6. The Hall–Kier alpha value is -1.03. The van der Waals surface area contributed by atoms with Crippen LogP contribution in [0.3, 0.4) is 0 Å².